The van der Waals surface area contributed by atoms with Crippen molar-refractivity contribution in [2.24, 2.45) is 0 Å². The van der Waals surface area contributed by atoms with Gasteiger partial charge in [0.15, 0.2) is 0 Å². The zero-order valence-electron chi connectivity index (χ0n) is 9.83. The summed E-state index contributed by atoms with van der Waals surface area (Å²) in [5.74, 6) is -1.14. The largest absolute Gasteiger partial charge is 0.480 e. The number of nitrogens with one attached hydrogen (secondary N) is 1. The first-order chi connectivity index (χ1) is 8.45. The van der Waals surface area contributed by atoms with Gasteiger partial charge < -0.3 is 5.11 Å². The van der Waals surface area contributed by atoms with Crippen molar-refractivity contribution >= 4 is 16.2 Å². The summed E-state index contributed by atoms with van der Waals surface area (Å²) in [6.07, 6.45) is 0.187. The number of aliphatic carboxylic acids is 1. The lowest BCUT2D eigenvalue weighted by Gasteiger charge is -2.32. The highest BCUT2D eigenvalue weighted by Crippen LogP contribution is 2.25. The summed E-state index contributed by atoms with van der Waals surface area (Å²) in [5, 5.41) is 9.16. The highest BCUT2D eigenvalue weighted by Gasteiger charge is 2.38. The molecule has 1 aliphatic heterocycles. The zero-order chi connectivity index (χ0) is 13.3. The number of fused-ring (bicyclic) bond motifs is 1. The SMILES string of the molecule is CNS(=O)(=O)N1Cc2ccccc2CC1C(=O)O. The second-order valence-corrected chi connectivity index (χ2v) is 5.91. The molecule has 7 heteroatoms. The smallest absolute Gasteiger partial charge is 0.322 e. The molecule has 0 saturated heterocycles. The van der Waals surface area contributed by atoms with Gasteiger partial charge in [-0.2, -0.15) is 12.7 Å². The van der Waals surface area contributed by atoms with Crippen LogP contribution < -0.4 is 4.72 Å². The Morgan fingerprint density at radius 2 is 2.00 bits per heavy atom. The summed E-state index contributed by atoms with van der Waals surface area (Å²) in [5.41, 5.74) is 1.72. The molecule has 6 nitrogen and oxygen atoms in total. The molecule has 1 aliphatic rings. The average Bonchev–Trinajstić information content (AvgIpc) is 2.37. The standard InChI is InChI=1S/C11H14N2O4S/c1-12-18(16,17)13-7-9-5-3-2-4-8(9)6-10(13)11(14)15/h2-5,10,12H,6-7H2,1H3,(H,14,15). The summed E-state index contributed by atoms with van der Waals surface area (Å²) in [7, 11) is -2.48. The first-order valence-corrected chi connectivity index (χ1v) is 6.89. The van der Waals surface area contributed by atoms with E-state index >= 15 is 0 Å². The number of carboxylic acid groups (broad SMARTS) is 1. The van der Waals surface area contributed by atoms with E-state index in [1.807, 2.05) is 24.3 Å². The van der Waals surface area contributed by atoms with Gasteiger partial charge in [-0.15, -0.1) is 0 Å². The third-order valence-electron chi connectivity index (χ3n) is 3.06. The molecule has 0 radical (unpaired) electrons. The van der Waals surface area contributed by atoms with E-state index in [1.54, 1.807) is 0 Å². The van der Waals surface area contributed by atoms with E-state index in [9.17, 15) is 13.2 Å². The monoisotopic (exact) mass is 270 g/mol. The number of carboxylic acids is 1. The zero-order valence-corrected chi connectivity index (χ0v) is 10.6. The van der Waals surface area contributed by atoms with Crippen molar-refractivity contribution in [3.8, 4) is 0 Å². The van der Waals surface area contributed by atoms with Crippen LogP contribution in [0.4, 0.5) is 0 Å². The molecule has 0 saturated carbocycles. The predicted molar refractivity (Wildman–Crippen MR) is 65.1 cm³/mol. The Balaban J connectivity index is 2.44. The van der Waals surface area contributed by atoms with Crippen molar-refractivity contribution in [3.63, 3.8) is 0 Å². The quantitative estimate of drug-likeness (QED) is 0.807. The van der Waals surface area contributed by atoms with Crippen molar-refractivity contribution in [1.82, 2.24) is 9.03 Å². The van der Waals surface area contributed by atoms with Gasteiger partial charge in [0, 0.05) is 20.0 Å². The van der Waals surface area contributed by atoms with Crippen LogP contribution in [0.5, 0.6) is 0 Å². The Bertz CT molecular complexity index is 570. The minimum atomic E-state index is -3.76. The molecule has 0 aliphatic carbocycles. The molecule has 1 aromatic rings. The molecule has 0 amide bonds. The van der Waals surface area contributed by atoms with Gasteiger partial charge in [-0.3, -0.25) is 4.79 Å². The Kier molecular flexibility index (Phi) is 3.38. The van der Waals surface area contributed by atoms with Crippen molar-refractivity contribution in [2.45, 2.75) is 19.0 Å². The number of rotatable bonds is 3. The van der Waals surface area contributed by atoms with Gasteiger partial charge in [0.05, 0.1) is 0 Å². The van der Waals surface area contributed by atoms with Gasteiger partial charge in [-0.05, 0) is 11.1 Å². The summed E-state index contributed by atoms with van der Waals surface area (Å²) < 4.78 is 26.8. The number of benzene rings is 1. The van der Waals surface area contributed by atoms with Gasteiger partial charge >= 0.3 is 5.97 Å². The van der Waals surface area contributed by atoms with Crippen LogP contribution in [0.1, 0.15) is 11.1 Å². The van der Waals surface area contributed by atoms with Gasteiger partial charge in [-0.1, -0.05) is 24.3 Å². The van der Waals surface area contributed by atoms with Crippen LogP contribution in [0.25, 0.3) is 0 Å². The van der Waals surface area contributed by atoms with Gasteiger partial charge in [-0.25, -0.2) is 4.72 Å². The van der Waals surface area contributed by atoms with Crippen molar-refractivity contribution in [3.05, 3.63) is 35.4 Å². The van der Waals surface area contributed by atoms with E-state index in [1.165, 1.54) is 7.05 Å². The lowest BCUT2D eigenvalue weighted by atomic mass is 9.96. The van der Waals surface area contributed by atoms with Crippen LogP contribution in [-0.4, -0.2) is 36.9 Å². The maximum Gasteiger partial charge on any atom is 0.322 e. The molecule has 18 heavy (non-hydrogen) atoms. The third kappa shape index (κ3) is 2.24. The van der Waals surface area contributed by atoms with Crippen LogP contribution >= 0.6 is 0 Å². The van der Waals surface area contributed by atoms with E-state index < -0.39 is 22.2 Å². The number of hydrogen-bond donors (Lipinski definition) is 2. The van der Waals surface area contributed by atoms with Crippen LogP contribution in [0.15, 0.2) is 24.3 Å². The van der Waals surface area contributed by atoms with Gasteiger partial charge in [0.25, 0.3) is 10.2 Å². The minimum absolute atomic E-state index is 0.0797. The molecule has 0 fully saturated rings. The molecular weight excluding hydrogens is 256 g/mol. The maximum absolute atomic E-state index is 11.8. The summed E-state index contributed by atoms with van der Waals surface area (Å²) in [6.45, 7) is 0.0797. The summed E-state index contributed by atoms with van der Waals surface area (Å²) >= 11 is 0. The molecule has 1 heterocycles. The molecule has 0 spiro atoms. The fourth-order valence-electron chi connectivity index (χ4n) is 2.08. The normalized spacial score (nSPS) is 20.4. The average molecular weight is 270 g/mol. The van der Waals surface area contributed by atoms with E-state index in [4.69, 9.17) is 5.11 Å². The van der Waals surface area contributed by atoms with E-state index in [0.29, 0.717) is 0 Å². The fraction of sp³-hybridized carbons (Fsp3) is 0.364. The summed E-state index contributed by atoms with van der Waals surface area (Å²) in [6, 6.07) is 6.21. The number of carbonyl (C=O) groups is 1. The van der Waals surface area contributed by atoms with Crippen LogP contribution in [0.3, 0.4) is 0 Å². The topological polar surface area (TPSA) is 86.7 Å². The molecule has 1 unspecified atom stereocenters. The molecule has 2 rings (SSSR count). The number of nitrogens with zero attached hydrogens (tertiary/aromatic N) is 1. The third-order valence-corrected chi connectivity index (χ3v) is 4.57. The molecule has 1 atom stereocenters. The van der Waals surface area contributed by atoms with Crippen LogP contribution in [0.2, 0.25) is 0 Å². The second kappa shape index (κ2) is 4.68. The van der Waals surface area contributed by atoms with E-state index in [0.717, 1.165) is 15.4 Å². The molecule has 0 bridgehead atoms. The van der Waals surface area contributed by atoms with Gasteiger partial charge in [0.1, 0.15) is 6.04 Å². The Hall–Kier alpha value is -1.44. The first-order valence-electron chi connectivity index (χ1n) is 5.45. The fourth-order valence-corrected chi connectivity index (χ4v) is 3.12. The number of hydrogen-bond acceptors (Lipinski definition) is 3. The maximum atomic E-state index is 11.8. The van der Waals surface area contributed by atoms with Crippen LogP contribution in [0, 0.1) is 0 Å². The molecule has 1 aromatic carbocycles. The Labute approximate surface area is 105 Å². The summed E-state index contributed by atoms with van der Waals surface area (Å²) in [4.78, 5) is 11.2. The molecule has 0 aromatic heterocycles. The highest BCUT2D eigenvalue weighted by atomic mass is 32.2. The lowest BCUT2D eigenvalue weighted by molar-refractivity contribution is -0.141. The molecular formula is C11H14N2O4S. The van der Waals surface area contributed by atoms with Gasteiger partial charge in [0.2, 0.25) is 0 Å². The first kappa shape index (κ1) is 13.0. The highest BCUT2D eigenvalue weighted by molar-refractivity contribution is 7.87. The Morgan fingerprint density at radius 1 is 1.39 bits per heavy atom. The van der Waals surface area contributed by atoms with Crippen molar-refractivity contribution in [1.29, 1.82) is 0 Å². The van der Waals surface area contributed by atoms with Crippen molar-refractivity contribution in [2.75, 3.05) is 7.05 Å². The molecule has 98 valence electrons. The second-order valence-electron chi connectivity index (χ2n) is 4.08. The van der Waals surface area contributed by atoms with Crippen molar-refractivity contribution < 1.29 is 18.3 Å². The molecule has 2 N–H and O–H groups in total. The predicted octanol–water partition coefficient (Wildman–Crippen LogP) is -0.0379. The Morgan fingerprint density at radius 3 is 2.56 bits per heavy atom. The van der Waals surface area contributed by atoms with Crippen LogP contribution in [-0.2, 0) is 28.0 Å². The minimum Gasteiger partial charge on any atom is -0.480 e. The van der Waals surface area contributed by atoms with E-state index in [2.05, 4.69) is 4.72 Å². The lowest BCUT2D eigenvalue weighted by Crippen LogP contribution is -2.51. The van der Waals surface area contributed by atoms with E-state index in [-0.39, 0.29) is 13.0 Å².